The second-order valence-corrected chi connectivity index (χ2v) is 6.50. The summed E-state index contributed by atoms with van der Waals surface area (Å²) in [7, 11) is 0. The van der Waals surface area contributed by atoms with Crippen LogP contribution in [0.4, 0.5) is 0 Å². The second-order valence-electron chi connectivity index (χ2n) is 6.50. The fourth-order valence-electron chi connectivity index (χ4n) is 2.86. The van der Waals surface area contributed by atoms with E-state index in [1.807, 2.05) is 0 Å². The molecular weight excluding hydrogens is 296 g/mol. The summed E-state index contributed by atoms with van der Waals surface area (Å²) in [6.07, 6.45) is 8.00. The lowest BCUT2D eigenvalue weighted by Gasteiger charge is -2.20. The molecule has 0 aliphatic carbocycles. The summed E-state index contributed by atoms with van der Waals surface area (Å²) in [6, 6.07) is 0. The molecule has 1 rings (SSSR count). The highest BCUT2D eigenvalue weighted by Gasteiger charge is 2.19. The van der Waals surface area contributed by atoms with Crippen LogP contribution in [0.3, 0.4) is 0 Å². The van der Waals surface area contributed by atoms with Crippen molar-refractivity contribution in [2.45, 2.75) is 95.5 Å². The maximum Gasteiger partial charge on any atom is 0.330 e. The van der Waals surface area contributed by atoms with Gasteiger partial charge in [0.25, 0.3) is 0 Å². The van der Waals surface area contributed by atoms with Gasteiger partial charge in [-0.2, -0.15) is 0 Å². The lowest BCUT2D eigenvalue weighted by atomic mass is 9.99. The standard InChI is InChI=1S/C18H32O5/c1-2-3-5-9-15-10-7-4-6-8-14(19)13-17(21)16(20)11-12-18(22)23-15/h11-12,14-17,19-21H,2-10,13H2,1H3/b12-11+/t14-,15+,16-,17-/m1/s1. The normalized spacial score (nSPS) is 32.8. The summed E-state index contributed by atoms with van der Waals surface area (Å²) in [5.41, 5.74) is 0. The van der Waals surface area contributed by atoms with Crippen molar-refractivity contribution in [1.82, 2.24) is 0 Å². The number of carbonyl (C=O) groups is 1. The van der Waals surface area contributed by atoms with Crippen molar-refractivity contribution in [3.63, 3.8) is 0 Å². The number of unbranched alkanes of at least 4 members (excludes halogenated alkanes) is 2. The minimum Gasteiger partial charge on any atom is -0.459 e. The molecule has 1 aliphatic rings. The van der Waals surface area contributed by atoms with Crippen LogP contribution in [0.2, 0.25) is 0 Å². The van der Waals surface area contributed by atoms with Gasteiger partial charge in [0.05, 0.1) is 18.3 Å². The molecule has 0 aromatic rings. The lowest BCUT2D eigenvalue weighted by molar-refractivity contribution is -0.143. The van der Waals surface area contributed by atoms with Crippen LogP contribution >= 0.6 is 0 Å². The van der Waals surface area contributed by atoms with E-state index in [0.717, 1.165) is 51.4 Å². The topological polar surface area (TPSA) is 87.0 Å². The molecule has 1 heterocycles. The van der Waals surface area contributed by atoms with Crippen LogP contribution < -0.4 is 0 Å². The molecule has 0 saturated carbocycles. The summed E-state index contributed by atoms with van der Waals surface area (Å²) in [6.45, 7) is 2.14. The number of esters is 1. The van der Waals surface area contributed by atoms with Gasteiger partial charge < -0.3 is 20.1 Å². The zero-order chi connectivity index (χ0) is 17.1. The first kappa shape index (κ1) is 20.1. The zero-order valence-electron chi connectivity index (χ0n) is 14.2. The SMILES string of the molecule is CCCCC[C@H]1CCCCC[C@@H](O)C[C@@H](O)[C@H](O)/C=C/C(=O)O1. The highest BCUT2D eigenvalue weighted by Crippen LogP contribution is 2.18. The first-order valence-corrected chi connectivity index (χ1v) is 8.96. The molecule has 0 saturated heterocycles. The van der Waals surface area contributed by atoms with Gasteiger partial charge in [0.1, 0.15) is 6.10 Å². The Morgan fingerprint density at radius 2 is 1.87 bits per heavy atom. The third kappa shape index (κ3) is 9.08. The first-order chi connectivity index (χ1) is 11.0. The van der Waals surface area contributed by atoms with Crippen molar-refractivity contribution in [2.75, 3.05) is 0 Å². The van der Waals surface area contributed by atoms with Gasteiger partial charge in [-0.05, 0) is 38.2 Å². The smallest absolute Gasteiger partial charge is 0.330 e. The number of cyclic esters (lactones) is 1. The van der Waals surface area contributed by atoms with Gasteiger partial charge in [0.15, 0.2) is 0 Å². The van der Waals surface area contributed by atoms with E-state index in [2.05, 4.69) is 6.92 Å². The van der Waals surface area contributed by atoms with Crippen molar-refractivity contribution in [3.05, 3.63) is 12.2 Å². The van der Waals surface area contributed by atoms with Crippen LogP contribution in [0.1, 0.15) is 71.1 Å². The van der Waals surface area contributed by atoms with Crippen LogP contribution in [-0.4, -0.2) is 45.7 Å². The number of ether oxygens (including phenoxy) is 1. The Balaban J connectivity index is 2.63. The van der Waals surface area contributed by atoms with Crippen molar-refractivity contribution in [3.8, 4) is 0 Å². The number of aliphatic hydroxyl groups excluding tert-OH is 3. The fraction of sp³-hybridized carbons (Fsp3) is 0.833. The van der Waals surface area contributed by atoms with E-state index in [9.17, 15) is 20.1 Å². The predicted molar refractivity (Wildman–Crippen MR) is 88.9 cm³/mol. The first-order valence-electron chi connectivity index (χ1n) is 8.96. The van der Waals surface area contributed by atoms with E-state index in [4.69, 9.17) is 4.74 Å². The molecule has 23 heavy (non-hydrogen) atoms. The largest absolute Gasteiger partial charge is 0.459 e. The highest BCUT2D eigenvalue weighted by molar-refractivity contribution is 5.82. The van der Waals surface area contributed by atoms with Crippen LogP contribution in [0, 0.1) is 0 Å². The van der Waals surface area contributed by atoms with Gasteiger partial charge in [0.2, 0.25) is 0 Å². The van der Waals surface area contributed by atoms with Gasteiger partial charge >= 0.3 is 5.97 Å². The fourth-order valence-corrected chi connectivity index (χ4v) is 2.86. The summed E-state index contributed by atoms with van der Waals surface area (Å²) in [5.74, 6) is -0.477. The molecule has 5 nitrogen and oxygen atoms in total. The minimum atomic E-state index is -1.17. The van der Waals surface area contributed by atoms with Crippen molar-refractivity contribution in [2.24, 2.45) is 0 Å². The maximum absolute atomic E-state index is 11.9. The van der Waals surface area contributed by atoms with Crippen molar-refractivity contribution in [1.29, 1.82) is 0 Å². The molecule has 0 amide bonds. The molecular formula is C18H32O5. The predicted octanol–water partition coefficient (Wildman–Crippen LogP) is 2.47. The van der Waals surface area contributed by atoms with Crippen LogP contribution in [0.15, 0.2) is 12.2 Å². The van der Waals surface area contributed by atoms with E-state index in [-0.39, 0.29) is 12.5 Å². The number of aliphatic hydroxyl groups is 3. The summed E-state index contributed by atoms with van der Waals surface area (Å²) < 4.78 is 5.48. The number of carbonyl (C=O) groups excluding carboxylic acids is 1. The van der Waals surface area contributed by atoms with E-state index < -0.39 is 24.3 Å². The molecule has 0 aromatic carbocycles. The highest BCUT2D eigenvalue weighted by atomic mass is 16.5. The molecule has 0 aromatic heterocycles. The third-order valence-electron chi connectivity index (χ3n) is 4.31. The molecule has 134 valence electrons. The zero-order valence-corrected chi connectivity index (χ0v) is 14.2. The molecule has 0 fully saturated rings. The average molecular weight is 328 g/mol. The molecule has 0 bridgehead atoms. The minimum absolute atomic E-state index is 0.0892. The Morgan fingerprint density at radius 3 is 2.61 bits per heavy atom. The summed E-state index contributed by atoms with van der Waals surface area (Å²) in [5, 5.41) is 29.5. The Morgan fingerprint density at radius 1 is 1.13 bits per heavy atom. The number of hydrogen-bond acceptors (Lipinski definition) is 5. The van der Waals surface area contributed by atoms with Crippen molar-refractivity contribution < 1.29 is 24.9 Å². The van der Waals surface area contributed by atoms with Gasteiger partial charge in [-0.25, -0.2) is 4.79 Å². The average Bonchev–Trinajstić information content (AvgIpc) is 2.51. The monoisotopic (exact) mass is 328 g/mol. The van der Waals surface area contributed by atoms with Crippen LogP contribution in [0.25, 0.3) is 0 Å². The molecule has 0 unspecified atom stereocenters. The van der Waals surface area contributed by atoms with E-state index in [1.54, 1.807) is 0 Å². The van der Waals surface area contributed by atoms with E-state index in [0.29, 0.717) is 6.42 Å². The Bertz CT molecular complexity index is 355. The lowest BCUT2D eigenvalue weighted by Crippen LogP contribution is -2.29. The van der Waals surface area contributed by atoms with Gasteiger partial charge in [-0.3, -0.25) is 0 Å². The quantitative estimate of drug-likeness (QED) is 0.545. The number of rotatable bonds is 4. The third-order valence-corrected chi connectivity index (χ3v) is 4.31. The molecule has 0 radical (unpaired) electrons. The Kier molecular flexibility index (Phi) is 10.2. The summed E-state index contributed by atoms with van der Waals surface area (Å²) in [4.78, 5) is 11.9. The molecule has 1 aliphatic heterocycles. The Labute approximate surface area is 139 Å². The van der Waals surface area contributed by atoms with E-state index in [1.165, 1.54) is 12.2 Å². The molecule has 3 N–H and O–H groups in total. The van der Waals surface area contributed by atoms with Crippen LogP contribution in [0.5, 0.6) is 0 Å². The maximum atomic E-state index is 11.9. The second kappa shape index (κ2) is 11.6. The van der Waals surface area contributed by atoms with Crippen molar-refractivity contribution >= 4 is 5.97 Å². The molecule has 0 spiro atoms. The van der Waals surface area contributed by atoms with Gasteiger partial charge in [-0.15, -0.1) is 0 Å². The summed E-state index contributed by atoms with van der Waals surface area (Å²) >= 11 is 0. The number of hydrogen-bond donors (Lipinski definition) is 3. The van der Waals surface area contributed by atoms with Gasteiger partial charge in [0, 0.05) is 12.5 Å². The molecule has 4 atom stereocenters. The molecule has 5 heteroatoms. The van der Waals surface area contributed by atoms with E-state index >= 15 is 0 Å². The van der Waals surface area contributed by atoms with Gasteiger partial charge in [-0.1, -0.05) is 32.6 Å². The van der Waals surface area contributed by atoms with Crippen LogP contribution in [-0.2, 0) is 9.53 Å². The Hall–Kier alpha value is -0.910.